The van der Waals surface area contributed by atoms with E-state index in [2.05, 4.69) is 5.32 Å². The summed E-state index contributed by atoms with van der Waals surface area (Å²) < 4.78 is 10.5. The smallest absolute Gasteiger partial charge is 0.238 e. The van der Waals surface area contributed by atoms with Gasteiger partial charge < -0.3 is 19.7 Å². The van der Waals surface area contributed by atoms with Gasteiger partial charge in [-0.25, -0.2) is 0 Å². The number of nitrogens with one attached hydrogen (secondary N) is 1. The molecule has 0 bridgehead atoms. The van der Waals surface area contributed by atoms with Gasteiger partial charge in [0.1, 0.15) is 11.2 Å². The molecule has 2 amide bonds. The lowest BCUT2D eigenvalue weighted by molar-refractivity contribution is -0.147. The Hall–Kier alpha value is -2.08. The first-order valence-electron chi connectivity index (χ1n) is 8.44. The van der Waals surface area contributed by atoms with E-state index in [1.54, 1.807) is 12.0 Å². The summed E-state index contributed by atoms with van der Waals surface area (Å²) in [6.45, 7) is 2.79. The van der Waals surface area contributed by atoms with Gasteiger partial charge in [0.25, 0.3) is 0 Å². The molecule has 0 aromatic heterocycles. The van der Waals surface area contributed by atoms with Crippen molar-refractivity contribution in [2.24, 2.45) is 5.41 Å². The summed E-state index contributed by atoms with van der Waals surface area (Å²) in [7, 11) is 1.63. The van der Waals surface area contributed by atoms with Crippen molar-refractivity contribution in [1.29, 1.82) is 0 Å². The molecule has 24 heavy (non-hydrogen) atoms. The summed E-state index contributed by atoms with van der Waals surface area (Å²) in [5, 5.41) is 2.93. The molecular weight excluding hydrogens is 308 g/mol. The van der Waals surface area contributed by atoms with Crippen LogP contribution >= 0.6 is 0 Å². The molecule has 1 aromatic rings. The molecule has 2 fully saturated rings. The average molecular weight is 332 g/mol. The molecule has 6 heteroatoms. The Morgan fingerprint density at radius 3 is 2.71 bits per heavy atom. The second-order valence-electron chi connectivity index (χ2n) is 6.34. The first kappa shape index (κ1) is 16.8. The summed E-state index contributed by atoms with van der Waals surface area (Å²) >= 11 is 0. The molecule has 2 aliphatic rings. The monoisotopic (exact) mass is 332 g/mol. The first-order valence-corrected chi connectivity index (χ1v) is 8.44. The van der Waals surface area contributed by atoms with E-state index < -0.39 is 5.41 Å². The third kappa shape index (κ3) is 3.53. The van der Waals surface area contributed by atoms with Crippen LogP contribution in [-0.2, 0) is 20.7 Å². The number of methoxy groups -OCH3 is 1. The van der Waals surface area contributed by atoms with E-state index in [0.717, 1.165) is 11.3 Å². The molecule has 3 rings (SSSR count). The minimum Gasteiger partial charge on any atom is -0.497 e. The zero-order valence-corrected chi connectivity index (χ0v) is 14.0. The van der Waals surface area contributed by atoms with E-state index in [9.17, 15) is 9.59 Å². The number of nitrogens with zero attached hydrogens (tertiary/aromatic N) is 1. The van der Waals surface area contributed by atoms with E-state index >= 15 is 0 Å². The topological polar surface area (TPSA) is 67.9 Å². The lowest BCUT2D eigenvalue weighted by Crippen LogP contribution is -2.49. The standard InChI is InChI=1S/C18H24N2O4/c1-23-15-4-2-3-14(13-15)5-8-19-16(21)18(6-7-18)17(22)20-9-11-24-12-10-20/h2-4,13H,5-12H2,1H3,(H,19,21). The maximum Gasteiger partial charge on any atom is 0.238 e. The number of rotatable bonds is 6. The Morgan fingerprint density at radius 2 is 2.04 bits per heavy atom. The van der Waals surface area contributed by atoms with Gasteiger partial charge in [-0.1, -0.05) is 12.1 Å². The SMILES string of the molecule is COc1cccc(CCNC(=O)C2(C(=O)N3CCOCC3)CC2)c1. The normalized spacial score (nSPS) is 18.8. The van der Waals surface area contributed by atoms with Gasteiger partial charge in [0.2, 0.25) is 11.8 Å². The van der Waals surface area contributed by atoms with E-state index in [0.29, 0.717) is 52.1 Å². The van der Waals surface area contributed by atoms with Crippen molar-refractivity contribution in [1.82, 2.24) is 10.2 Å². The van der Waals surface area contributed by atoms with E-state index in [1.165, 1.54) is 0 Å². The first-order chi connectivity index (χ1) is 11.7. The Balaban J connectivity index is 1.51. The molecule has 1 heterocycles. The van der Waals surface area contributed by atoms with E-state index in [-0.39, 0.29) is 11.8 Å². The number of carbonyl (C=O) groups excluding carboxylic acids is 2. The van der Waals surface area contributed by atoms with Crippen LogP contribution in [0, 0.1) is 5.41 Å². The van der Waals surface area contributed by atoms with Gasteiger partial charge in [0.05, 0.1) is 20.3 Å². The van der Waals surface area contributed by atoms with Crippen LogP contribution in [0.25, 0.3) is 0 Å². The molecule has 0 spiro atoms. The third-order valence-corrected chi connectivity index (χ3v) is 4.73. The summed E-state index contributed by atoms with van der Waals surface area (Å²) in [4.78, 5) is 26.9. The summed E-state index contributed by atoms with van der Waals surface area (Å²) in [5.41, 5.74) is 0.269. The Bertz CT molecular complexity index is 607. The van der Waals surface area contributed by atoms with Crippen molar-refractivity contribution < 1.29 is 19.1 Å². The molecule has 0 unspecified atom stereocenters. The molecule has 1 aromatic carbocycles. The highest BCUT2D eigenvalue weighted by molar-refractivity contribution is 6.07. The number of carbonyl (C=O) groups is 2. The van der Waals surface area contributed by atoms with Crippen LogP contribution in [0.2, 0.25) is 0 Å². The number of morpholine rings is 1. The number of hydrogen-bond acceptors (Lipinski definition) is 4. The predicted octanol–water partition coefficient (Wildman–Crippen LogP) is 0.993. The highest BCUT2D eigenvalue weighted by Crippen LogP contribution is 2.47. The second kappa shape index (κ2) is 7.21. The number of benzene rings is 1. The van der Waals surface area contributed by atoms with Gasteiger partial charge in [-0.05, 0) is 37.0 Å². The van der Waals surface area contributed by atoms with Gasteiger partial charge in [-0.15, -0.1) is 0 Å². The van der Waals surface area contributed by atoms with Gasteiger partial charge in [0.15, 0.2) is 0 Å². The Morgan fingerprint density at radius 1 is 1.29 bits per heavy atom. The molecule has 1 aliphatic heterocycles. The fourth-order valence-corrected chi connectivity index (χ4v) is 3.05. The molecule has 0 atom stereocenters. The fraction of sp³-hybridized carbons (Fsp3) is 0.556. The second-order valence-corrected chi connectivity index (χ2v) is 6.34. The van der Waals surface area contributed by atoms with Gasteiger partial charge in [-0.2, -0.15) is 0 Å². The lowest BCUT2D eigenvalue weighted by atomic mass is 10.0. The van der Waals surface area contributed by atoms with Crippen LogP contribution in [0.15, 0.2) is 24.3 Å². The quantitative estimate of drug-likeness (QED) is 0.789. The maximum atomic E-state index is 12.6. The molecule has 130 valence electrons. The molecule has 1 saturated carbocycles. The maximum absolute atomic E-state index is 12.6. The molecule has 6 nitrogen and oxygen atoms in total. The van der Waals surface area contributed by atoms with Crippen LogP contribution in [0.1, 0.15) is 18.4 Å². The molecule has 1 N–H and O–H groups in total. The number of ether oxygens (including phenoxy) is 2. The predicted molar refractivity (Wildman–Crippen MR) is 88.8 cm³/mol. The summed E-state index contributed by atoms with van der Waals surface area (Å²) in [6, 6.07) is 7.78. The molecule has 1 saturated heterocycles. The molecular formula is C18H24N2O4. The zero-order valence-electron chi connectivity index (χ0n) is 14.0. The van der Waals surface area contributed by atoms with Gasteiger partial charge >= 0.3 is 0 Å². The van der Waals surface area contributed by atoms with Crippen LogP contribution in [0.4, 0.5) is 0 Å². The molecule has 1 aliphatic carbocycles. The van der Waals surface area contributed by atoms with Crippen LogP contribution < -0.4 is 10.1 Å². The van der Waals surface area contributed by atoms with Crippen LogP contribution in [0.5, 0.6) is 5.75 Å². The van der Waals surface area contributed by atoms with E-state index in [1.807, 2.05) is 24.3 Å². The summed E-state index contributed by atoms with van der Waals surface area (Å²) in [6.07, 6.45) is 2.01. The minimum atomic E-state index is -0.828. The average Bonchev–Trinajstić information content (AvgIpc) is 3.44. The van der Waals surface area contributed by atoms with Crippen molar-refractivity contribution in [3.63, 3.8) is 0 Å². The van der Waals surface area contributed by atoms with Crippen molar-refractivity contribution in [2.45, 2.75) is 19.3 Å². The van der Waals surface area contributed by atoms with Crippen molar-refractivity contribution in [2.75, 3.05) is 40.0 Å². The Kier molecular flexibility index (Phi) is 5.04. The minimum absolute atomic E-state index is 0.0373. The van der Waals surface area contributed by atoms with Crippen molar-refractivity contribution in [3.8, 4) is 5.75 Å². The lowest BCUT2D eigenvalue weighted by Gasteiger charge is -2.30. The van der Waals surface area contributed by atoms with Gasteiger partial charge in [-0.3, -0.25) is 9.59 Å². The largest absolute Gasteiger partial charge is 0.497 e. The highest BCUT2D eigenvalue weighted by Gasteiger charge is 2.57. The Labute approximate surface area is 142 Å². The zero-order chi connectivity index (χ0) is 17.0. The van der Waals surface area contributed by atoms with E-state index in [4.69, 9.17) is 9.47 Å². The number of amides is 2. The van der Waals surface area contributed by atoms with Crippen molar-refractivity contribution >= 4 is 11.8 Å². The number of hydrogen-bond donors (Lipinski definition) is 1. The van der Waals surface area contributed by atoms with Crippen molar-refractivity contribution in [3.05, 3.63) is 29.8 Å². The highest BCUT2D eigenvalue weighted by atomic mass is 16.5. The fourth-order valence-electron chi connectivity index (χ4n) is 3.05. The summed E-state index contributed by atoms with van der Waals surface area (Å²) in [5.74, 6) is 0.631. The van der Waals surface area contributed by atoms with Crippen LogP contribution in [-0.4, -0.2) is 56.7 Å². The molecule has 0 radical (unpaired) electrons. The van der Waals surface area contributed by atoms with Crippen LogP contribution in [0.3, 0.4) is 0 Å². The van der Waals surface area contributed by atoms with Gasteiger partial charge in [0, 0.05) is 19.6 Å². The third-order valence-electron chi connectivity index (χ3n) is 4.73.